The summed E-state index contributed by atoms with van der Waals surface area (Å²) >= 11 is 0. The van der Waals surface area contributed by atoms with Gasteiger partial charge in [-0.05, 0) is 24.5 Å². The quantitative estimate of drug-likeness (QED) is 0.359. The molecule has 0 radical (unpaired) electrons. The molecule has 3 N–H and O–H groups in total. The van der Waals surface area contributed by atoms with Crippen LogP contribution in [0.2, 0.25) is 0 Å². The van der Waals surface area contributed by atoms with E-state index in [4.69, 9.17) is 10.9 Å². The fraction of sp³-hybridized carbons (Fsp3) is 0.500. The number of pyridine rings is 1. The Hall–Kier alpha value is -1.78. The highest BCUT2D eigenvalue weighted by Crippen LogP contribution is 2.27. The third-order valence-electron chi connectivity index (χ3n) is 3.34. The number of oxime groups is 1. The molecule has 1 unspecified atom stereocenters. The number of anilines is 1. The van der Waals surface area contributed by atoms with E-state index in [2.05, 4.69) is 22.0 Å². The molecule has 0 amide bonds. The highest BCUT2D eigenvalue weighted by Gasteiger charge is 2.24. The molecule has 2 rings (SSSR count). The van der Waals surface area contributed by atoms with Crippen LogP contribution in [0.5, 0.6) is 0 Å². The molecule has 92 valence electrons. The molecule has 0 saturated carbocycles. The van der Waals surface area contributed by atoms with Crippen LogP contribution in [0.3, 0.4) is 0 Å². The van der Waals surface area contributed by atoms with Crippen molar-refractivity contribution in [2.45, 2.75) is 19.8 Å². The average molecular weight is 234 g/mol. The Balaban J connectivity index is 2.27. The second kappa shape index (κ2) is 5.03. The summed E-state index contributed by atoms with van der Waals surface area (Å²) in [5.41, 5.74) is 7.16. The fourth-order valence-corrected chi connectivity index (χ4v) is 2.28. The number of amidine groups is 1. The van der Waals surface area contributed by atoms with E-state index in [1.165, 1.54) is 12.8 Å². The van der Waals surface area contributed by atoms with Crippen LogP contribution in [0.15, 0.2) is 23.5 Å². The van der Waals surface area contributed by atoms with Crippen molar-refractivity contribution < 1.29 is 5.21 Å². The van der Waals surface area contributed by atoms with E-state index in [0.29, 0.717) is 5.69 Å². The maximum absolute atomic E-state index is 8.76. The number of hydrogen-bond donors (Lipinski definition) is 2. The van der Waals surface area contributed by atoms with Crippen molar-refractivity contribution in [3.63, 3.8) is 0 Å². The molecule has 0 aromatic carbocycles. The second-order valence-electron chi connectivity index (χ2n) is 4.37. The summed E-state index contributed by atoms with van der Waals surface area (Å²) in [7, 11) is 0. The molecule has 1 aliphatic heterocycles. The lowest BCUT2D eigenvalue weighted by Crippen LogP contribution is -2.25. The average Bonchev–Trinajstić information content (AvgIpc) is 2.86. The van der Waals surface area contributed by atoms with E-state index >= 15 is 0 Å². The van der Waals surface area contributed by atoms with Gasteiger partial charge in [0.05, 0.1) is 5.69 Å². The highest BCUT2D eigenvalue weighted by atomic mass is 16.4. The molecule has 0 bridgehead atoms. The lowest BCUT2D eigenvalue weighted by Gasteiger charge is -2.20. The van der Waals surface area contributed by atoms with Gasteiger partial charge >= 0.3 is 0 Å². The van der Waals surface area contributed by atoms with Crippen LogP contribution >= 0.6 is 0 Å². The Morgan fingerprint density at radius 3 is 3.18 bits per heavy atom. The molecule has 1 fully saturated rings. The Labute approximate surface area is 101 Å². The van der Waals surface area contributed by atoms with E-state index in [1.54, 1.807) is 6.20 Å². The predicted octanol–water partition coefficient (Wildman–Crippen LogP) is 1.41. The van der Waals surface area contributed by atoms with Crippen molar-refractivity contribution in [1.82, 2.24) is 4.98 Å². The van der Waals surface area contributed by atoms with Crippen LogP contribution in [-0.2, 0) is 0 Å². The van der Waals surface area contributed by atoms with E-state index < -0.39 is 0 Å². The molecule has 1 aromatic heterocycles. The molecule has 1 saturated heterocycles. The molecule has 5 heteroatoms. The van der Waals surface area contributed by atoms with E-state index in [-0.39, 0.29) is 5.84 Å². The van der Waals surface area contributed by atoms with Gasteiger partial charge in [-0.3, -0.25) is 4.98 Å². The van der Waals surface area contributed by atoms with Crippen LogP contribution in [0.4, 0.5) is 5.69 Å². The molecule has 0 spiro atoms. The molecular weight excluding hydrogens is 216 g/mol. The molecule has 1 aliphatic rings. The summed E-state index contributed by atoms with van der Waals surface area (Å²) < 4.78 is 0. The van der Waals surface area contributed by atoms with Gasteiger partial charge in [-0.2, -0.15) is 0 Å². The standard InChI is InChI=1S/C12H18N4O/c1-2-9-5-7-16(8-9)10-4-3-6-14-11(10)12(13)15-17/h3-4,6,9,17H,2,5,7-8H2,1H3,(H2,13,15). The number of rotatable bonds is 3. The Kier molecular flexibility index (Phi) is 3.46. The van der Waals surface area contributed by atoms with Crippen molar-refractivity contribution in [1.29, 1.82) is 0 Å². The van der Waals surface area contributed by atoms with Gasteiger partial charge < -0.3 is 15.8 Å². The number of hydrogen-bond acceptors (Lipinski definition) is 4. The molecule has 5 nitrogen and oxygen atoms in total. The maximum Gasteiger partial charge on any atom is 0.190 e. The number of aromatic nitrogens is 1. The van der Waals surface area contributed by atoms with Crippen molar-refractivity contribution in [2.75, 3.05) is 18.0 Å². The normalized spacial score (nSPS) is 20.9. The van der Waals surface area contributed by atoms with Gasteiger partial charge in [0.25, 0.3) is 0 Å². The third-order valence-corrected chi connectivity index (χ3v) is 3.34. The van der Waals surface area contributed by atoms with Crippen molar-refractivity contribution in [3.05, 3.63) is 24.0 Å². The first-order valence-corrected chi connectivity index (χ1v) is 5.94. The van der Waals surface area contributed by atoms with Crippen LogP contribution in [0.1, 0.15) is 25.5 Å². The van der Waals surface area contributed by atoms with E-state index in [1.807, 2.05) is 12.1 Å². The minimum Gasteiger partial charge on any atom is -0.409 e. The molecule has 17 heavy (non-hydrogen) atoms. The van der Waals surface area contributed by atoms with Gasteiger partial charge in [-0.15, -0.1) is 0 Å². The molecular formula is C12H18N4O. The Bertz CT molecular complexity index is 419. The van der Waals surface area contributed by atoms with Gasteiger partial charge in [0.1, 0.15) is 5.69 Å². The zero-order valence-electron chi connectivity index (χ0n) is 10.0. The summed E-state index contributed by atoms with van der Waals surface area (Å²) in [6, 6.07) is 3.85. The Morgan fingerprint density at radius 2 is 2.53 bits per heavy atom. The van der Waals surface area contributed by atoms with Gasteiger partial charge in [-0.25, -0.2) is 0 Å². The minimum absolute atomic E-state index is 0.0700. The van der Waals surface area contributed by atoms with Gasteiger partial charge in [0.2, 0.25) is 0 Å². The first-order valence-electron chi connectivity index (χ1n) is 5.94. The van der Waals surface area contributed by atoms with Crippen molar-refractivity contribution in [2.24, 2.45) is 16.8 Å². The summed E-state index contributed by atoms with van der Waals surface area (Å²) in [5, 5.41) is 11.8. The van der Waals surface area contributed by atoms with Gasteiger partial charge in [-0.1, -0.05) is 18.5 Å². The van der Waals surface area contributed by atoms with Gasteiger partial charge in [0.15, 0.2) is 5.84 Å². The first kappa shape index (κ1) is 11.7. The smallest absolute Gasteiger partial charge is 0.190 e. The largest absolute Gasteiger partial charge is 0.409 e. The summed E-state index contributed by atoms with van der Waals surface area (Å²) in [5.74, 6) is 0.802. The summed E-state index contributed by atoms with van der Waals surface area (Å²) in [6.45, 7) is 4.24. The zero-order valence-corrected chi connectivity index (χ0v) is 10.0. The number of nitrogens with zero attached hydrogens (tertiary/aromatic N) is 3. The Morgan fingerprint density at radius 1 is 1.71 bits per heavy atom. The van der Waals surface area contributed by atoms with Crippen LogP contribution < -0.4 is 10.6 Å². The molecule has 0 aliphatic carbocycles. The highest BCUT2D eigenvalue weighted by molar-refractivity contribution is 6.00. The van der Waals surface area contributed by atoms with Crippen LogP contribution in [0, 0.1) is 5.92 Å². The summed E-state index contributed by atoms with van der Waals surface area (Å²) in [6.07, 6.45) is 4.04. The second-order valence-corrected chi connectivity index (χ2v) is 4.37. The topological polar surface area (TPSA) is 74.7 Å². The van der Waals surface area contributed by atoms with E-state index in [9.17, 15) is 0 Å². The first-order chi connectivity index (χ1) is 8.26. The maximum atomic E-state index is 8.76. The lowest BCUT2D eigenvalue weighted by molar-refractivity contribution is 0.318. The minimum atomic E-state index is 0.0700. The zero-order chi connectivity index (χ0) is 12.3. The van der Waals surface area contributed by atoms with Crippen molar-refractivity contribution >= 4 is 11.5 Å². The lowest BCUT2D eigenvalue weighted by atomic mass is 10.1. The van der Waals surface area contributed by atoms with Gasteiger partial charge in [0, 0.05) is 19.3 Å². The predicted molar refractivity (Wildman–Crippen MR) is 67.4 cm³/mol. The number of nitrogens with two attached hydrogens (primary N) is 1. The summed E-state index contributed by atoms with van der Waals surface area (Å²) in [4.78, 5) is 6.45. The van der Waals surface area contributed by atoms with E-state index in [0.717, 1.165) is 24.7 Å². The monoisotopic (exact) mass is 234 g/mol. The SMILES string of the molecule is CCC1CCN(c2cccnc2/C(N)=N/O)C1. The third kappa shape index (κ3) is 2.33. The van der Waals surface area contributed by atoms with Crippen molar-refractivity contribution in [3.8, 4) is 0 Å². The molecule has 2 heterocycles. The molecule has 1 atom stereocenters. The fourth-order valence-electron chi connectivity index (χ4n) is 2.28. The van der Waals surface area contributed by atoms with Crippen LogP contribution in [0.25, 0.3) is 0 Å². The molecule has 1 aromatic rings. The van der Waals surface area contributed by atoms with Crippen LogP contribution in [-0.4, -0.2) is 29.1 Å².